The lowest BCUT2D eigenvalue weighted by Crippen LogP contribution is -2.32. The highest BCUT2D eigenvalue weighted by Crippen LogP contribution is 2.62. The molecular weight excluding hydrogens is 695 g/mol. The van der Waals surface area contributed by atoms with Crippen LogP contribution in [-0.4, -0.2) is 15.0 Å². The second kappa shape index (κ2) is 12.6. The van der Waals surface area contributed by atoms with Crippen molar-refractivity contribution in [1.82, 2.24) is 15.0 Å². The Bertz CT molecular complexity index is 2850. The van der Waals surface area contributed by atoms with Crippen LogP contribution >= 0.6 is 0 Å². The first kappa shape index (κ1) is 32.3. The van der Waals surface area contributed by atoms with E-state index >= 15 is 0 Å². The van der Waals surface area contributed by atoms with Crippen molar-refractivity contribution in [2.24, 2.45) is 17.8 Å². The molecule has 7 aromatic rings. The molecule has 4 nitrogen and oxygen atoms in total. The monoisotopic (exact) mass is 731 g/mol. The third kappa shape index (κ3) is 4.90. The molecule has 270 valence electrons. The molecule has 1 spiro atoms. The summed E-state index contributed by atoms with van der Waals surface area (Å²) in [5.74, 6) is 5.37. The van der Waals surface area contributed by atoms with E-state index in [4.69, 9.17) is 19.7 Å². The van der Waals surface area contributed by atoms with Crippen molar-refractivity contribution >= 4 is 5.57 Å². The molecule has 1 aromatic heterocycles. The summed E-state index contributed by atoms with van der Waals surface area (Å²) < 4.78 is 6.68. The maximum atomic E-state index is 6.68. The highest BCUT2D eigenvalue weighted by atomic mass is 16.5. The first-order chi connectivity index (χ1) is 28.2. The molecule has 0 bridgehead atoms. The van der Waals surface area contributed by atoms with Crippen LogP contribution in [0.25, 0.3) is 50.6 Å². The number of para-hydroxylation sites is 1. The normalized spacial score (nSPS) is 20.0. The molecular formula is C53H37N3O. The van der Waals surface area contributed by atoms with Gasteiger partial charge in [-0.2, -0.15) is 0 Å². The molecule has 1 aliphatic heterocycles. The smallest absolute Gasteiger partial charge is 0.164 e. The van der Waals surface area contributed by atoms with Crippen molar-refractivity contribution < 1.29 is 4.74 Å². The Morgan fingerprint density at radius 3 is 1.88 bits per heavy atom. The maximum Gasteiger partial charge on any atom is 0.164 e. The molecule has 5 aliphatic rings. The van der Waals surface area contributed by atoms with Gasteiger partial charge in [0.25, 0.3) is 0 Å². The van der Waals surface area contributed by atoms with E-state index in [0.717, 1.165) is 57.7 Å². The van der Waals surface area contributed by atoms with Crippen LogP contribution in [0.2, 0.25) is 0 Å². The van der Waals surface area contributed by atoms with Gasteiger partial charge in [0.1, 0.15) is 11.5 Å². The topological polar surface area (TPSA) is 47.9 Å². The average molecular weight is 732 g/mol. The molecule has 3 atom stereocenters. The number of aromatic nitrogens is 3. The summed E-state index contributed by atoms with van der Waals surface area (Å²) in [5, 5.41) is 0. The molecule has 6 aromatic carbocycles. The van der Waals surface area contributed by atoms with Crippen molar-refractivity contribution in [2.45, 2.75) is 18.3 Å². The third-order valence-electron chi connectivity index (χ3n) is 12.8. The van der Waals surface area contributed by atoms with Gasteiger partial charge in [0.05, 0.1) is 5.41 Å². The van der Waals surface area contributed by atoms with Gasteiger partial charge in [-0.3, -0.25) is 0 Å². The van der Waals surface area contributed by atoms with Crippen LogP contribution in [0, 0.1) is 17.8 Å². The van der Waals surface area contributed by atoms with Crippen molar-refractivity contribution in [3.63, 3.8) is 0 Å². The first-order valence-corrected chi connectivity index (χ1v) is 20.0. The molecule has 2 heterocycles. The van der Waals surface area contributed by atoms with E-state index in [0.29, 0.717) is 35.2 Å². The van der Waals surface area contributed by atoms with E-state index in [1.54, 1.807) is 0 Å². The van der Waals surface area contributed by atoms with Crippen LogP contribution in [0.4, 0.5) is 0 Å². The highest BCUT2D eigenvalue weighted by Gasteiger charge is 2.51. The Labute approximate surface area is 332 Å². The Morgan fingerprint density at radius 1 is 0.509 bits per heavy atom. The van der Waals surface area contributed by atoms with E-state index < -0.39 is 5.41 Å². The Kier molecular flexibility index (Phi) is 7.12. The fraction of sp³-hybridized carbons (Fsp3) is 0.113. The molecule has 0 fully saturated rings. The predicted octanol–water partition coefficient (Wildman–Crippen LogP) is 12.4. The van der Waals surface area contributed by atoms with E-state index in [9.17, 15) is 0 Å². The quantitative estimate of drug-likeness (QED) is 0.169. The predicted molar refractivity (Wildman–Crippen MR) is 228 cm³/mol. The van der Waals surface area contributed by atoms with Crippen LogP contribution in [0.5, 0.6) is 11.5 Å². The van der Waals surface area contributed by atoms with Crippen LogP contribution in [0.3, 0.4) is 0 Å². The van der Waals surface area contributed by atoms with Gasteiger partial charge in [0.15, 0.2) is 17.5 Å². The zero-order valence-electron chi connectivity index (χ0n) is 31.2. The number of nitrogens with zero attached hydrogens (tertiary/aromatic N) is 3. The number of rotatable bonds is 4. The second-order valence-electron chi connectivity index (χ2n) is 15.8. The van der Waals surface area contributed by atoms with Gasteiger partial charge in [-0.1, -0.05) is 158 Å². The molecule has 0 radical (unpaired) electrons. The molecule has 0 amide bonds. The molecule has 12 rings (SSSR count). The fourth-order valence-electron chi connectivity index (χ4n) is 10.3. The standard InChI is InChI=1S/C53H37N3O/c1-2-12-35(13-3-1)50-54-51(56-52(55-50)40-30-38-16-10-14-34-15-11-17-39(31-40)49(34)38)36-26-24-33(25-27-36)37-28-29-48-46(32-37)53(45-22-8-9-23-47(45)57-48)43-20-6-4-18-41(43)42-19-5-7-21-44(42)53/h1-13,16-32,34,38,49H,14-15H2. The maximum absolute atomic E-state index is 6.68. The number of ether oxygens (including phenoxy) is 1. The van der Waals surface area contributed by atoms with E-state index in [2.05, 4.69) is 164 Å². The largest absolute Gasteiger partial charge is 0.457 e. The van der Waals surface area contributed by atoms with Crippen molar-refractivity contribution in [3.8, 4) is 56.5 Å². The van der Waals surface area contributed by atoms with Crippen LogP contribution in [-0.2, 0) is 5.41 Å². The zero-order valence-corrected chi connectivity index (χ0v) is 31.2. The molecule has 4 heteroatoms. The van der Waals surface area contributed by atoms with Crippen molar-refractivity contribution in [3.05, 3.63) is 216 Å². The number of allylic oxidation sites excluding steroid dienone is 8. The SMILES string of the molecule is C1=CC2=CC(c3nc(-c4ccccc4)nc(-c4ccc(-c5ccc6c(c5)C5(c7ccccc7O6)c6ccccc6-c6ccccc65)cc4)n3)=CC3C=CCC(C1)C23. The van der Waals surface area contributed by atoms with Gasteiger partial charge < -0.3 is 4.74 Å². The van der Waals surface area contributed by atoms with Crippen LogP contribution < -0.4 is 4.74 Å². The number of hydrogen-bond acceptors (Lipinski definition) is 4. The summed E-state index contributed by atoms with van der Waals surface area (Å²) in [7, 11) is 0. The molecule has 3 unspecified atom stereocenters. The van der Waals surface area contributed by atoms with E-state index in [1.165, 1.54) is 33.4 Å². The molecule has 57 heavy (non-hydrogen) atoms. The summed E-state index contributed by atoms with van der Waals surface area (Å²) in [6.45, 7) is 0. The van der Waals surface area contributed by atoms with Crippen molar-refractivity contribution in [1.29, 1.82) is 0 Å². The van der Waals surface area contributed by atoms with Crippen molar-refractivity contribution in [2.75, 3.05) is 0 Å². The lowest BCUT2D eigenvalue weighted by atomic mass is 9.65. The Hall–Kier alpha value is -6.91. The summed E-state index contributed by atoms with van der Waals surface area (Å²) in [4.78, 5) is 15.3. The fourth-order valence-corrected chi connectivity index (χ4v) is 10.3. The number of hydrogen-bond donors (Lipinski definition) is 0. The summed E-state index contributed by atoms with van der Waals surface area (Å²) in [6.07, 6.45) is 16.4. The van der Waals surface area contributed by atoms with Crippen LogP contribution in [0.15, 0.2) is 188 Å². The van der Waals surface area contributed by atoms with Gasteiger partial charge in [0, 0.05) is 33.7 Å². The summed E-state index contributed by atoms with van der Waals surface area (Å²) in [6, 6.07) is 51.8. The Morgan fingerprint density at radius 2 is 1.11 bits per heavy atom. The van der Waals surface area contributed by atoms with Gasteiger partial charge >= 0.3 is 0 Å². The molecule has 4 aliphatic carbocycles. The van der Waals surface area contributed by atoms with E-state index in [-0.39, 0.29) is 0 Å². The second-order valence-corrected chi connectivity index (χ2v) is 15.8. The van der Waals surface area contributed by atoms with Gasteiger partial charge in [-0.15, -0.1) is 0 Å². The average Bonchev–Trinajstić information content (AvgIpc) is 3.57. The summed E-state index contributed by atoms with van der Waals surface area (Å²) in [5.41, 5.74) is 13.5. The highest BCUT2D eigenvalue weighted by molar-refractivity contribution is 5.89. The van der Waals surface area contributed by atoms with Gasteiger partial charge in [-0.25, -0.2) is 15.0 Å². The minimum atomic E-state index is -0.507. The van der Waals surface area contributed by atoms with Crippen LogP contribution in [0.1, 0.15) is 40.9 Å². The molecule has 0 saturated carbocycles. The Balaban J connectivity index is 0.968. The molecule has 0 N–H and O–H groups in total. The molecule has 0 saturated heterocycles. The minimum Gasteiger partial charge on any atom is -0.457 e. The summed E-state index contributed by atoms with van der Waals surface area (Å²) >= 11 is 0. The minimum absolute atomic E-state index is 0.351. The lowest BCUT2D eigenvalue weighted by molar-refractivity contribution is 0.319. The third-order valence-corrected chi connectivity index (χ3v) is 12.8. The lowest BCUT2D eigenvalue weighted by Gasteiger charge is -2.39. The van der Waals surface area contributed by atoms with E-state index in [1.807, 2.05) is 18.2 Å². The van der Waals surface area contributed by atoms with Gasteiger partial charge in [-0.05, 0) is 87.9 Å². The zero-order chi connectivity index (χ0) is 37.5. The number of fused-ring (bicyclic) bond motifs is 9. The number of benzene rings is 6. The first-order valence-electron chi connectivity index (χ1n) is 20.0. The van der Waals surface area contributed by atoms with Gasteiger partial charge in [0.2, 0.25) is 0 Å².